The molecular weight excluding hydrogens is 326 g/mol. The van der Waals surface area contributed by atoms with Gasteiger partial charge in [-0.25, -0.2) is 4.98 Å². The highest BCUT2D eigenvalue weighted by Crippen LogP contribution is 2.14. The van der Waals surface area contributed by atoms with Crippen LogP contribution in [-0.2, 0) is 12.8 Å². The maximum Gasteiger partial charge on any atom is 0.276 e. The number of methoxy groups -OCH3 is 1. The number of amides is 1. The molecule has 132 valence electrons. The molecule has 1 N–H and O–H groups in total. The molecule has 5 heteroatoms. The summed E-state index contributed by atoms with van der Waals surface area (Å²) in [4.78, 5) is 20.2. The number of ether oxygens (including phenoxy) is 1. The second-order valence-electron chi connectivity index (χ2n) is 5.94. The van der Waals surface area contributed by atoms with Crippen LogP contribution >= 0.6 is 0 Å². The normalized spacial score (nSPS) is 10.3. The van der Waals surface area contributed by atoms with Gasteiger partial charge in [0.15, 0.2) is 5.69 Å². The Balaban J connectivity index is 1.53. The first-order chi connectivity index (χ1) is 12.7. The molecular formula is C21H21N3O2. The molecule has 1 amide bonds. The maximum atomic E-state index is 12.2. The largest absolute Gasteiger partial charge is 0.480 e. The van der Waals surface area contributed by atoms with Crippen LogP contribution in [0.4, 0.5) is 5.69 Å². The average molecular weight is 347 g/mol. The van der Waals surface area contributed by atoms with Crippen LogP contribution in [-0.4, -0.2) is 23.0 Å². The van der Waals surface area contributed by atoms with Crippen molar-refractivity contribution in [2.24, 2.45) is 0 Å². The molecule has 0 atom stereocenters. The number of rotatable bonds is 7. The Morgan fingerprint density at radius 2 is 1.65 bits per heavy atom. The van der Waals surface area contributed by atoms with Gasteiger partial charge >= 0.3 is 0 Å². The Labute approximate surface area is 153 Å². The first-order valence-electron chi connectivity index (χ1n) is 8.55. The van der Waals surface area contributed by atoms with Gasteiger partial charge in [-0.2, -0.15) is 0 Å². The molecule has 26 heavy (non-hydrogen) atoms. The van der Waals surface area contributed by atoms with E-state index in [0.717, 1.165) is 24.9 Å². The molecule has 0 aliphatic carbocycles. The zero-order valence-corrected chi connectivity index (χ0v) is 14.7. The topological polar surface area (TPSA) is 64.1 Å². The second kappa shape index (κ2) is 8.76. The summed E-state index contributed by atoms with van der Waals surface area (Å²) in [5.41, 5.74) is 3.55. The Morgan fingerprint density at radius 3 is 2.35 bits per heavy atom. The van der Waals surface area contributed by atoms with E-state index in [1.165, 1.54) is 30.6 Å². The minimum Gasteiger partial charge on any atom is -0.480 e. The zero-order valence-electron chi connectivity index (χ0n) is 14.7. The van der Waals surface area contributed by atoms with Crippen LogP contribution in [0.15, 0.2) is 67.0 Å². The summed E-state index contributed by atoms with van der Waals surface area (Å²) >= 11 is 0. The van der Waals surface area contributed by atoms with Crippen molar-refractivity contribution in [3.05, 3.63) is 83.8 Å². The van der Waals surface area contributed by atoms with E-state index >= 15 is 0 Å². The van der Waals surface area contributed by atoms with Gasteiger partial charge in [0.05, 0.1) is 19.5 Å². The zero-order chi connectivity index (χ0) is 18.2. The quantitative estimate of drug-likeness (QED) is 0.704. The van der Waals surface area contributed by atoms with Gasteiger partial charge < -0.3 is 10.1 Å². The lowest BCUT2D eigenvalue weighted by Crippen LogP contribution is -2.14. The molecule has 0 bridgehead atoms. The molecule has 1 heterocycles. The van der Waals surface area contributed by atoms with Crippen LogP contribution in [0.2, 0.25) is 0 Å². The maximum absolute atomic E-state index is 12.2. The Kier molecular flexibility index (Phi) is 5.93. The lowest BCUT2D eigenvalue weighted by Gasteiger charge is -2.07. The number of aryl methyl sites for hydroxylation is 2. The highest BCUT2D eigenvalue weighted by atomic mass is 16.5. The fourth-order valence-electron chi connectivity index (χ4n) is 2.65. The SMILES string of the molecule is COc1cncc(C(=O)Nc2ccc(CCCc3ccccc3)cc2)n1. The third-order valence-electron chi connectivity index (χ3n) is 4.04. The third kappa shape index (κ3) is 4.89. The van der Waals surface area contributed by atoms with Crippen molar-refractivity contribution in [2.75, 3.05) is 12.4 Å². The molecule has 0 aliphatic rings. The lowest BCUT2D eigenvalue weighted by molar-refractivity contribution is 0.102. The summed E-state index contributed by atoms with van der Waals surface area (Å²) in [5, 5.41) is 2.82. The minimum absolute atomic E-state index is 0.219. The van der Waals surface area contributed by atoms with E-state index in [9.17, 15) is 4.79 Å². The van der Waals surface area contributed by atoms with Crippen molar-refractivity contribution >= 4 is 11.6 Å². The summed E-state index contributed by atoms with van der Waals surface area (Å²) in [5.74, 6) is -0.000332. The lowest BCUT2D eigenvalue weighted by atomic mass is 10.0. The van der Waals surface area contributed by atoms with Gasteiger partial charge in [0.25, 0.3) is 5.91 Å². The number of nitrogens with zero attached hydrogens (tertiary/aromatic N) is 2. The van der Waals surface area contributed by atoms with Crippen LogP contribution in [0.5, 0.6) is 5.88 Å². The molecule has 2 aromatic carbocycles. The van der Waals surface area contributed by atoms with E-state index in [4.69, 9.17) is 4.74 Å². The second-order valence-corrected chi connectivity index (χ2v) is 5.94. The summed E-state index contributed by atoms with van der Waals surface area (Å²) in [6.45, 7) is 0. The molecule has 5 nitrogen and oxygen atoms in total. The van der Waals surface area contributed by atoms with Crippen LogP contribution < -0.4 is 10.1 Å². The number of anilines is 1. The van der Waals surface area contributed by atoms with Crippen LogP contribution in [0.3, 0.4) is 0 Å². The number of hydrogen-bond acceptors (Lipinski definition) is 4. The standard InChI is InChI=1S/C21H21N3O2/c1-26-20-15-22-14-19(24-20)21(25)23-18-12-10-17(11-13-18)9-5-8-16-6-3-2-4-7-16/h2-4,6-7,10-15H,5,8-9H2,1H3,(H,23,25). The van der Waals surface area contributed by atoms with Gasteiger partial charge in [0.1, 0.15) is 0 Å². The first kappa shape index (κ1) is 17.6. The van der Waals surface area contributed by atoms with Crippen LogP contribution in [0.1, 0.15) is 28.0 Å². The van der Waals surface area contributed by atoms with E-state index in [2.05, 4.69) is 39.6 Å². The highest BCUT2D eigenvalue weighted by molar-refractivity contribution is 6.02. The van der Waals surface area contributed by atoms with Crippen molar-refractivity contribution in [2.45, 2.75) is 19.3 Å². The molecule has 0 spiro atoms. The van der Waals surface area contributed by atoms with E-state index < -0.39 is 0 Å². The fourth-order valence-corrected chi connectivity index (χ4v) is 2.65. The van der Waals surface area contributed by atoms with Crippen molar-refractivity contribution in [1.29, 1.82) is 0 Å². The average Bonchev–Trinajstić information content (AvgIpc) is 2.70. The van der Waals surface area contributed by atoms with E-state index in [1.54, 1.807) is 0 Å². The summed E-state index contributed by atoms with van der Waals surface area (Å²) in [6.07, 6.45) is 6.03. The summed E-state index contributed by atoms with van der Waals surface area (Å²) in [6, 6.07) is 18.4. The Hall–Kier alpha value is -3.21. The number of hydrogen-bond donors (Lipinski definition) is 1. The van der Waals surface area contributed by atoms with Crippen LogP contribution in [0, 0.1) is 0 Å². The molecule has 0 unspecified atom stereocenters. The summed E-state index contributed by atoms with van der Waals surface area (Å²) in [7, 11) is 1.49. The van der Waals surface area contributed by atoms with Gasteiger partial charge in [-0.1, -0.05) is 42.5 Å². The van der Waals surface area contributed by atoms with E-state index in [1.807, 2.05) is 30.3 Å². The van der Waals surface area contributed by atoms with Crippen molar-refractivity contribution in [1.82, 2.24) is 9.97 Å². The van der Waals surface area contributed by atoms with Crippen LogP contribution in [0.25, 0.3) is 0 Å². The van der Waals surface area contributed by atoms with Gasteiger partial charge in [-0.3, -0.25) is 9.78 Å². The van der Waals surface area contributed by atoms with Crippen molar-refractivity contribution in [3.8, 4) is 5.88 Å². The predicted molar refractivity (Wildman–Crippen MR) is 101 cm³/mol. The molecule has 3 aromatic rings. The van der Waals surface area contributed by atoms with Gasteiger partial charge in [0.2, 0.25) is 5.88 Å². The molecule has 0 saturated heterocycles. The molecule has 0 saturated carbocycles. The van der Waals surface area contributed by atoms with Gasteiger partial charge in [0, 0.05) is 5.69 Å². The molecule has 0 radical (unpaired) electrons. The fraction of sp³-hybridized carbons (Fsp3) is 0.190. The molecule has 3 rings (SSSR count). The molecule has 0 aliphatic heterocycles. The van der Waals surface area contributed by atoms with Gasteiger partial charge in [-0.05, 0) is 42.5 Å². The Morgan fingerprint density at radius 1 is 0.962 bits per heavy atom. The smallest absolute Gasteiger partial charge is 0.276 e. The van der Waals surface area contributed by atoms with E-state index in [-0.39, 0.29) is 11.6 Å². The van der Waals surface area contributed by atoms with E-state index in [0.29, 0.717) is 5.88 Å². The number of carbonyl (C=O) groups is 1. The third-order valence-corrected chi connectivity index (χ3v) is 4.04. The first-order valence-corrected chi connectivity index (χ1v) is 8.55. The number of aromatic nitrogens is 2. The molecule has 1 aromatic heterocycles. The van der Waals surface area contributed by atoms with Crippen molar-refractivity contribution < 1.29 is 9.53 Å². The highest BCUT2D eigenvalue weighted by Gasteiger charge is 2.09. The number of nitrogens with one attached hydrogen (secondary N) is 1. The predicted octanol–water partition coefficient (Wildman–Crippen LogP) is 3.91. The minimum atomic E-state index is -0.312. The summed E-state index contributed by atoms with van der Waals surface area (Å²) < 4.78 is 4.99. The van der Waals surface area contributed by atoms with Crippen molar-refractivity contribution in [3.63, 3.8) is 0 Å². The number of benzene rings is 2. The Bertz CT molecular complexity index is 849. The van der Waals surface area contributed by atoms with Gasteiger partial charge in [-0.15, -0.1) is 0 Å². The monoisotopic (exact) mass is 347 g/mol. The number of carbonyl (C=O) groups excluding carboxylic acids is 1. The molecule has 0 fully saturated rings.